The number of hydrogen-bond donors (Lipinski definition) is 1. The number of carbonyl (C=O) groups excluding carboxylic acids is 1. The molecule has 0 radical (unpaired) electrons. The molecule has 0 aliphatic heterocycles. The van der Waals surface area contributed by atoms with Gasteiger partial charge in [0.05, 0.1) is 10.9 Å². The second-order valence-electron chi connectivity index (χ2n) is 6.84. The highest BCUT2D eigenvalue weighted by molar-refractivity contribution is 7.98. The fraction of sp³-hybridized carbons (Fsp3) is 0.174. The topological polar surface area (TPSA) is 63.2 Å². The second kappa shape index (κ2) is 9.29. The van der Waals surface area contributed by atoms with Crippen molar-refractivity contribution in [1.29, 1.82) is 0 Å². The average Bonchev–Trinajstić information content (AvgIpc) is 2.73. The Morgan fingerprint density at radius 3 is 2.14 bits per heavy atom. The molecule has 0 saturated carbocycles. The van der Waals surface area contributed by atoms with E-state index in [4.69, 9.17) is 0 Å². The number of nitrogens with one attached hydrogen (secondary N) is 1. The Labute approximate surface area is 176 Å². The van der Waals surface area contributed by atoms with Gasteiger partial charge >= 0.3 is 0 Å². The van der Waals surface area contributed by atoms with E-state index in [9.17, 15) is 13.2 Å². The van der Waals surface area contributed by atoms with Crippen LogP contribution in [0, 0.1) is 0 Å². The first-order valence-corrected chi connectivity index (χ1v) is 12.1. The molecule has 1 amide bonds. The zero-order valence-electron chi connectivity index (χ0n) is 16.3. The van der Waals surface area contributed by atoms with Crippen LogP contribution in [0.3, 0.4) is 0 Å². The lowest BCUT2D eigenvalue weighted by Crippen LogP contribution is -2.26. The van der Waals surface area contributed by atoms with E-state index in [-0.39, 0.29) is 16.8 Å². The third-order valence-electron chi connectivity index (χ3n) is 4.52. The van der Waals surface area contributed by atoms with Gasteiger partial charge < -0.3 is 5.32 Å². The molecule has 0 saturated heterocycles. The van der Waals surface area contributed by atoms with Crippen molar-refractivity contribution in [3.63, 3.8) is 0 Å². The molecule has 0 aliphatic carbocycles. The lowest BCUT2D eigenvalue weighted by molar-refractivity contribution is 0.0940. The lowest BCUT2D eigenvalue weighted by atomic mass is 10.1. The van der Waals surface area contributed by atoms with Gasteiger partial charge in [-0.25, -0.2) is 8.42 Å². The van der Waals surface area contributed by atoms with E-state index in [0.29, 0.717) is 5.56 Å². The van der Waals surface area contributed by atoms with E-state index in [1.165, 1.54) is 11.2 Å². The summed E-state index contributed by atoms with van der Waals surface area (Å²) in [5, 5.41) is 2.95. The fourth-order valence-corrected chi connectivity index (χ4v) is 4.31. The highest BCUT2D eigenvalue weighted by atomic mass is 32.2. The Bertz CT molecular complexity index is 1060. The minimum absolute atomic E-state index is 0.160. The van der Waals surface area contributed by atoms with Crippen LogP contribution in [0.25, 0.3) is 0 Å². The van der Waals surface area contributed by atoms with Gasteiger partial charge in [0.25, 0.3) is 5.91 Å². The molecule has 1 atom stereocenters. The standard InChI is InChI=1S/C23H23NO3S2/c1-17(19-12-14-22(15-13-19)29(2,26)27)24-23(25)20-10-8-18(9-11-20)16-28-21-6-4-3-5-7-21/h3-15,17H,16H2,1-2H3,(H,24,25)/t17-/m0/s1. The van der Waals surface area contributed by atoms with E-state index in [1.54, 1.807) is 36.0 Å². The third kappa shape index (κ3) is 5.95. The molecule has 0 fully saturated rings. The van der Waals surface area contributed by atoms with Crippen molar-refractivity contribution in [3.8, 4) is 0 Å². The summed E-state index contributed by atoms with van der Waals surface area (Å²) in [6.45, 7) is 1.87. The van der Waals surface area contributed by atoms with Crippen LogP contribution in [0.1, 0.15) is 34.5 Å². The van der Waals surface area contributed by atoms with E-state index >= 15 is 0 Å². The Morgan fingerprint density at radius 2 is 1.55 bits per heavy atom. The molecular weight excluding hydrogens is 402 g/mol. The van der Waals surface area contributed by atoms with E-state index < -0.39 is 9.84 Å². The molecule has 3 rings (SSSR count). The summed E-state index contributed by atoms with van der Waals surface area (Å²) >= 11 is 1.76. The van der Waals surface area contributed by atoms with Crippen molar-refractivity contribution in [2.24, 2.45) is 0 Å². The molecule has 1 N–H and O–H groups in total. The van der Waals surface area contributed by atoms with Crippen molar-refractivity contribution < 1.29 is 13.2 Å². The van der Waals surface area contributed by atoms with Gasteiger partial charge in [0.15, 0.2) is 9.84 Å². The van der Waals surface area contributed by atoms with E-state index in [0.717, 1.165) is 16.9 Å². The molecule has 0 bridgehead atoms. The third-order valence-corrected chi connectivity index (χ3v) is 6.73. The number of rotatable bonds is 7. The Balaban J connectivity index is 1.58. The van der Waals surface area contributed by atoms with Crippen LogP contribution in [0.2, 0.25) is 0 Å². The van der Waals surface area contributed by atoms with Gasteiger partial charge in [-0.15, -0.1) is 11.8 Å². The highest BCUT2D eigenvalue weighted by Crippen LogP contribution is 2.22. The quantitative estimate of drug-likeness (QED) is 0.549. The number of benzene rings is 3. The first-order valence-electron chi connectivity index (χ1n) is 9.20. The summed E-state index contributed by atoms with van der Waals surface area (Å²) in [6.07, 6.45) is 1.18. The molecule has 6 heteroatoms. The van der Waals surface area contributed by atoms with Gasteiger partial charge in [0, 0.05) is 22.5 Å². The SMILES string of the molecule is C[C@H](NC(=O)c1ccc(CSc2ccccc2)cc1)c1ccc(S(C)(=O)=O)cc1. The monoisotopic (exact) mass is 425 g/mol. The Morgan fingerprint density at radius 1 is 0.931 bits per heavy atom. The molecule has 0 spiro atoms. The summed E-state index contributed by atoms with van der Waals surface area (Å²) < 4.78 is 23.1. The highest BCUT2D eigenvalue weighted by Gasteiger charge is 2.13. The van der Waals surface area contributed by atoms with E-state index in [2.05, 4.69) is 17.4 Å². The molecule has 3 aromatic rings. The van der Waals surface area contributed by atoms with Crippen LogP contribution in [0.5, 0.6) is 0 Å². The fourth-order valence-electron chi connectivity index (χ4n) is 2.80. The molecule has 0 unspecified atom stereocenters. The second-order valence-corrected chi connectivity index (χ2v) is 9.90. The van der Waals surface area contributed by atoms with Gasteiger partial charge in [-0.05, 0) is 54.4 Å². The number of amides is 1. The van der Waals surface area contributed by atoms with Crippen molar-refractivity contribution in [2.45, 2.75) is 28.5 Å². The van der Waals surface area contributed by atoms with Crippen molar-refractivity contribution in [3.05, 3.63) is 95.6 Å². The van der Waals surface area contributed by atoms with Gasteiger partial charge in [0.1, 0.15) is 0 Å². The average molecular weight is 426 g/mol. The summed E-state index contributed by atoms with van der Waals surface area (Å²) in [7, 11) is -3.23. The van der Waals surface area contributed by atoms with Crippen LogP contribution in [-0.2, 0) is 15.6 Å². The van der Waals surface area contributed by atoms with Crippen LogP contribution in [0.15, 0.2) is 88.7 Å². The minimum atomic E-state index is -3.23. The molecule has 0 aromatic heterocycles. The van der Waals surface area contributed by atoms with Gasteiger partial charge in [-0.3, -0.25) is 4.79 Å². The predicted octanol–water partition coefficient (Wildman–Crippen LogP) is 4.87. The van der Waals surface area contributed by atoms with Gasteiger partial charge in [-0.2, -0.15) is 0 Å². The lowest BCUT2D eigenvalue weighted by Gasteiger charge is -2.15. The van der Waals surface area contributed by atoms with Gasteiger partial charge in [0.2, 0.25) is 0 Å². The Hall–Kier alpha value is -2.57. The molecular formula is C23H23NO3S2. The summed E-state index contributed by atoms with van der Waals surface area (Å²) in [4.78, 5) is 14.0. The number of sulfone groups is 1. The maximum absolute atomic E-state index is 12.5. The zero-order valence-corrected chi connectivity index (χ0v) is 18.0. The van der Waals surface area contributed by atoms with Crippen molar-refractivity contribution in [2.75, 3.05) is 6.26 Å². The van der Waals surface area contributed by atoms with Crippen LogP contribution >= 0.6 is 11.8 Å². The van der Waals surface area contributed by atoms with Gasteiger partial charge in [-0.1, -0.05) is 42.5 Å². The first-order chi connectivity index (χ1) is 13.8. The molecule has 3 aromatic carbocycles. The maximum Gasteiger partial charge on any atom is 0.251 e. The van der Waals surface area contributed by atoms with Crippen LogP contribution < -0.4 is 5.32 Å². The van der Waals surface area contributed by atoms with Crippen molar-refractivity contribution >= 4 is 27.5 Å². The number of carbonyl (C=O) groups is 1. The zero-order chi connectivity index (χ0) is 20.9. The number of thioether (sulfide) groups is 1. The number of hydrogen-bond acceptors (Lipinski definition) is 4. The molecule has 150 valence electrons. The predicted molar refractivity (Wildman–Crippen MR) is 118 cm³/mol. The largest absolute Gasteiger partial charge is 0.346 e. The van der Waals surface area contributed by atoms with Crippen molar-refractivity contribution in [1.82, 2.24) is 5.32 Å². The molecule has 0 heterocycles. The molecule has 29 heavy (non-hydrogen) atoms. The maximum atomic E-state index is 12.5. The van der Waals surface area contributed by atoms with E-state index in [1.807, 2.05) is 49.4 Å². The summed E-state index contributed by atoms with van der Waals surface area (Å²) in [6, 6.07) is 24.1. The summed E-state index contributed by atoms with van der Waals surface area (Å²) in [5.74, 6) is 0.682. The smallest absolute Gasteiger partial charge is 0.251 e. The van der Waals surface area contributed by atoms with Crippen LogP contribution in [0.4, 0.5) is 0 Å². The van der Waals surface area contributed by atoms with Crippen LogP contribution in [-0.4, -0.2) is 20.6 Å². The summed E-state index contributed by atoms with van der Waals surface area (Å²) in [5.41, 5.74) is 2.60. The first kappa shape index (κ1) is 21.1. The minimum Gasteiger partial charge on any atom is -0.346 e. The normalized spacial score (nSPS) is 12.3. The molecule has 0 aliphatic rings. The molecule has 4 nitrogen and oxygen atoms in total. The Kier molecular flexibility index (Phi) is 6.77.